The number of hydrogen-bond donors (Lipinski definition) is 2. The standard InChI is InChI=1S/C17H23ClN2O3S/c1-3-23-16(22)14(17(24)8-10-20(2)11-9-17)19-15(21)12-6-4-5-7-13(12)18/h4-7,14,24H,3,8-11H2,1-2H3,(H,19,21). The van der Waals surface area contributed by atoms with Crippen LogP contribution in [0.5, 0.6) is 0 Å². The third kappa shape index (κ3) is 4.43. The summed E-state index contributed by atoms with van der Waals surface area (Å²) in [6.07, 6.45) is 1.36. The van der Waals surface area contributed by atoms with E-state index in [9.17, 15) is 9.59 Å². The number of rotatable bonds is 5. The van der Waals surface area contributed by atoms with Crippen LogP contribution in [0, 0.1) is 0 Å². The van der Waals surface area contributed by atoms with E-state index in [0.29, 0.717) is 23.4 Å². The quantitative estimate of drug-likeness (QED) is 0.617. The summed E-state index contributed by atoms with van der Waals surface area (Å²) >= 11 is 10.8. The molecule has 2 rings (SSSR count). The Morgan fingerprint density at radius 2 is 2.00 bits per heavy atom. The van der Waals surface area contributed by atoms with Gasteiger partial charge in [0.15, 0.2) is 0 Å². The molecule has 1 saturated heterocycles. The Hall–Kier alpha value is -1.24. The SMILES string of the molecule is CCOC(=O)C(NC(=O)c1ccccc1Cl)C1(S)CCN(C)CC1. The Labute approximate surface area is 153 Å². The smallest absolute Gasteiger partial charge is 0.330 e. The molecule has 1 aliphatic rings. The molecule has 1 unspecified atom stereocenters. The average Bonchev–Trinajstić information content (AvgIpc) is 2.56. The van der Waals surface area contributed by atoms with E-state index >= 15 is 0 Å². The van der Waals surface area contributed by atoms with Crippen molar-refractivity contribution in [1.82, 2.24) is 10.2 Å². The van der Waals surface area contributed by atoms with E-state index in [0.717, 1.165) is 13.1 Å². The summed E-state index contributed by atoms with van der Waals surface area (Å²) in [6, 6.07) is 5.92. The highest BCUT2D eigenvalue weighted by Gasteiger charge is 2.44. The van der Waals surface area contributed by atoms with Crippen molar-refractivity contribution in [3.8, 4) is 0 Å². The van der Waals surface area contributed by atoms with Gasteiger partial charge in [0.2, 0.25) is 0 Å². The number of halogens is 1. The first kappa shape index (κ1) is 19.1. The largest absolute Gasteiger partial charge is 0.464 e. The molecule has 5 nitrogen and oxygen atoms in total. The molecular weight excluding hydrogens is 348 g/mol. The van der Waals surface area contributed by atoms with Crippen LogP contribution in [0.2, 0.25) is 5.02 Å². The van der Waals surface area contributed by atoms with Gasteiger partial charge in [-0.2, -0.15) is 12.6 Å². The lowest BCUT2D eigenvalue weighted by Gasteiger charge is -2.41. The zero-order valence-electron chi connectivity index (χ0n) is 13.9. The highest BCUT2D eigenvalue weighted by Crippen LogP contribution is 2.33. The molecule has 1 aliphatic heterocycles. The molecule has 24 heavy (non-hydrogen) atoms. The first-order chi connectivity index (χ1) is 11.4. The Kier molecular flexibility index (Phi) is 6.54. The number of thiol groups is 1. The lowest BCUT2D eigenvalue weighted by Crippen LogP contribution is -2.58. The minimum absolute atomic E-state index is 0.251. The maximum absolute atomic E-state index is 12.6. The lowest BCUT2D eigenvalue weighted by molar-refractivity contribution is -0.146. The number of benzene rings is 1. The second-order valence-electron chi connectivity index (χ2n) is 6.05. The van der Waals surface area contributed by atoms with E-state index in [1.165, 1.54) is 0 Å². The topological polar surface area (TPSA) is 58.6 Å². The molecule has 1 aromatic carbocycles. The second-order valence-corrected chi connectivity index (χ2v) is 7.34. The molecule has 0 bridgehead atoms. The fourth-order valence-electron chi connectivity index (χ4n) is 2.79. The van der Waals surface area contributed by atoms with Gasteiger partial charge in [0.05, 0.1) is 17.2 Å². The van der Waals surface area contributed by atoms with Crippen molar-refractivity contribution in [2.45, 2.75) is 30.6 Å². The van der Waals surface area contributed by atoms with Crippen LogP contribution in [-0.2, 0) is 9.53 Å². The number of esters is 1. The first-order valence-electron chi connectivity index (χ1n) is 8.00. The molecule has 1 aromatic rings. The van der Waals surface area contributed by atoms with Gasteiger partial charge in [-0.25, -0.2) is 4.79 Å². The molecule has 0 spiro atoms. The number of hydrogen-bond acceptors (Lipinski definition) is 5. The monoisotopic (exact) mass is 370 g/mol. The molecule has 1 N–H and O–H groups in total. The number of piperidine rings is 1. The molecule has 132 valence electrons. The van der Waals surface area contributed by atoms with Gasteiger partial charge in [-0.1, -0.05) is 23.7 Å². The molecule has 0 saturated carbocycles. The molecule has 0 aliphatic carbocycles. The number of nitrogens with zero attached hydrogens (tertiary/aromatic N) is 1. The average molecular weight is 371 g/mol. The number of nitrogens with one attached hydrogen (secondary N) is 1. The summed E-state index contributed by atoms with van der Waals surface area (Å²) < 4.78 is 4.52. The van der Waals surface area contributed by atoms with Crippen LogP contribution in [-0.4, -0.2) is 54.3 Å². The Bertz CT molecular complexity index is 603. The van der Waals surface area contributed by atoms with Gasteiger partial charge in [0, 0.05) is 4.75 Å². The van der Waals surface area contributed by atoms with Crippen LogP contribution in [0.3, 0.4) is 0 Å². The normalized spacial score (nSPS) is 18.7. The Balaban J connectivity index is 2.22. The number of ether oxygens (including phenoxy) is 1. The zero-order valence-corrected chi connectivity index (χ0v) is 15.6. The minimum atomic E-state index is -0.821. The summed E-state index contributed by atoms with van der Waals surface area (Å²) in [5, 5.41) is 3.13. The van der Waals surface area contributed by atoms with Crippen molar-refractivity contribution >= 4 is 36.1 Å². The van der Waals surface area contributed by atoms with Crippen LogP contribution in [0.15, 0.2) is 24.3 Å². The fourth-order valence-corrected chi connectivity index (χ4v) is 3.38. The van der Waals surface area contributed by atoms with E-state index in [2.05, 4.69) is 10.2 Å². The molecule has 1 atom stereocenters. The summed E-state index contributed by atoms with van der Waals surface area (Å²) in [5.74, 6) is -0.858. The molecule has 1 heterocycles. The molecule has 1 fully saturated rings. The fraction of sp³-hybridized carbons (Fsp3) is 0.529. The van der Waals surface area contributed by atoms with E-state index in [1.807, 2.05) is 7.05 Å². The molecule has 0 aromatic heterocycles. The Morgan fingerprint density at radius 1 is 1.38 bits per heavy atom. The number of likely N-dealkylation sites (tertiary alicyclic amines) is 1. The Morgan fingerprint density at radius 3 is 2.58 bits per heavy atom. The van der Waals surface area contributed by atoms with Crippen LogP contribution in [0.25, 0.3) is 0 Å². The first-order valence-corrected chi connectivity index (χ1v) is 8.83. The molecular formula is C17H23ClN2O3S. The molecule has 7 heteroatoms. The lowest BCUT2D eigenvalue weighted by atomic mass is 9.88. The minimum Gasteiger partial charge on any atom is -0.464 e. The number of amides is 1. The van der Waals surface area contributed by atoms with Crippen molar-refractivity contribution in [1.29, 1.82) is 0 Å². The summed E-state index contributed by atoms with van der Waals surface area (Å²) in [6.45, 7) is 3.61. The van der Waals surface area contributed by atoms with Gasteiger partial charge in [0.1, 0.15) is 6.04 Å². The predicted molar refractivity (Wildman–Crippen MR) is 97.8 cm³/mol. The van der Waals surface area contributed by atoms with Crippen LogP contribution in [0.1, 0.15) is 30.1 Å². The van der Waals surface area contributed by atoms with Crippen molar-refractivity contribution in [3.63, 3.8) is 0 Å². The van der Waals surface area contributed by atoms with Crippen molar-refractivity contribution < 1.29 is 14.3 Å². The summed E-state index contributed by atoms with van der Waals surface area (Å²) in [7, 11) is 2.02. The third-order valence-electron chi connectivity index (χ3n) is 4.31. The highest BCUT2D eigenvalue weighted by atomic mass is 35.5. The van der Waals surface area contributed by atoms with Crippen LogP contribution >= 0.6 is 24.2 Å². The summed E-state index contributed by atoms with van der Waals surface area (Å²) in [5.41, 5.74) is 0.332. The van der Waals surface area contributed by atoms with E-state index in [-0.39, 0.29) is 6.61 Å². The van der Waals surface area contributed by atoms with Gasteiger partial charge in [-0.05, 0) is 52.0 Å². The van der Waals surface area contributed by atoms with Crippen molar-refractivity contribution in [2.24, 2.45) is 0 Å². The van der Waals surface area contributed by atoms with E-state index < -0.39 is 22.7 Å². The predicted octanol–water partition coefficient (Wildman–Crippen LogP) is 2.40. The number of carbonyl (C=O) groups is 2. The van der Waals surface area contributed by atoms with Gasteiger partial charge < -0.3 is 15.0 Å². The van der Waals surface area contributed by atoms with Gasteiger partial charge >= 0.3 is 5.97 Å². The van der Waals surface area contributed by atoms with Crippen LogP contribution < -0.4 is 5.32 Å². The maximum Gasteiger partial charge on any atom is 0.330 e. The molecule has 1 amide bonds. The highest BCUT2D eigenvalue weighted by molar-refractivity contribution is 7.82. The van der Waals surface area contributed by atoms with Gasteiger partial charge in [-0.3, -0.25) is 4.79 Å². The number of carbonyl (C=O) groups excluding carboxylic acids is 2. The zero-order chi connectivity index (χ0) is 17.7. The van der Waals surface area contributed by atoms with E-state index in [4.69, 9.17) is 29.0 Å². The molecule has 0 radical (unpaired) electrons. The van der Waals surface area contributed by atoms with Crippen molar-refractivity contribution in [2.75, 3.05) is 26.7 Å². The van der Waals surface area contributed by atoms with Crippen LogP contribution in [0.4, 0.5) is 0 Å². The summed E-state index contributed by atoms with van der Waals surface area (Å²) in [4.78, 5) is 27.2. The van der Waals surface area contributed by atoms with Crippen molar-refractivity contribution in [3.05, 3.63) is 34.9 Å². The van der Waals surface area contributed by atoms with Gasteiger partial charge in [0.25, 0.3) is 5.91 Å². The third-order valence-corrected chi connectivity index (χ3v) is 5.34. The second kappa shape index (κ2) is 8.23. The maximum atomic E-state index is 12.6. The van der Waals surface area contributed by atoms with Gasteiger partial charge in [-0.15, -0.1) is 0 Å². The van der Waals surface area contributed by atoms with E-state index in [1.54, 1.807) is 31.2 Å².